The minimum Gasteiger partial charge on any atom is -0.507 e. The minimum atomic E-state index is 0.181. The summed E-state index contributed by atoms with van der Waals surface area (Å²) in [6, 6.07) is 8.92. The first-order valence-electron chi connectivity index (χ1n) is 5.58. The second kappa shape index (κ2) is 4.03. The molecular formula is C14H11ClN2O. The Morgan fingerprint density at radius 3 is 2.89 bits per heavy atom. The summed E-state index contributed by atoms with van der Waals surface area (Å²) in [7, 11) is 0. The van der Waals surface area contributed by atoms with E-state index in [1.807, 2.05) is 35.9 Å². The molecule has 0 saturated carbocycles. The van der Waals surface area contributed by atoms with E-state index in [1.54, 1.807) is 18.2 Å². The van der Waals surface area contributed by atoms with Crippen molar-refractivity contribution in [3.8, 4) is 17.0 Å². The lowest BCUT2D eigenvalue weighted by atomic mass is 10.1. The zero-order valence-electron chi connectivity index (χ0n) is 9.76. The van der Waals surface area contributed by atoms with Crippen molar-refractivity contribution >= 4 is 17.2 Å². The minimum absolute atomic E-state index is 0.181. The van der Waals surface area contributed by atoms with Crippen LogP contribution in [0.3, 0.4) is 0 Å². The Kier molecular flexibility index (Phi) is 2.49. The lowest BCUT2D eigenvalue weighted by molar-refractivity contribution is 0.477. The number of phenolic OH excluding ortho intramolecular Hbond substituents is 1. The van der Waals surface area contributed by atoms with E-state index in [9.17, 15) is 5.11 Å². The van der Waals surface area contributed by atoms with E-state index in [0.717, 1.165) is 11.2 Å². The Labute approximate surface area is 109 Å². The maximum absolute atomic E-state index is 9.87. The molecule has 4 heteroatoms. The highest BCUT2D eigenvalue weighted by Gasteiger charge is 2.10. The summed E-state index contributed by atoms with van der Waals surface area (Å²) < 4.78 is 1.94. The number of aromatic nitrogens is 2. The maximum atomic E-state index is 9.87. The molecule has 2 aromatic heterocycles. The molecule has 3 nitrogen and oxygen atoms in total. The summed E-state index contributed by atoms with van der Waals surface area (Å²) in [6.45, 7) is 2.00. The fourth-order valence-corrected chi connectivity index (χ4v) is 2.17. The van der Waals surface area contributed by atoms with Crippen LogP contribution < -0.4 is 0 Å². The van der Waals surface area contributed by atoms with E-state index in [0.29, 0.717) is 16.3 Å². The molecule has 1 N–H and O–H groups in total. The van der Waals surface area contributed by atoms with Crippen molar-refractivity contribution in [2.45, 2.75) is 6.92 Å². The number of hydrogen-bond acceptors (Lipinski definition) is 2. The molecule has 0 spiro atoms. The first-order valence-corrected chi connectivity index (χ1v) is 5.96. The van der Waals surface area contributed by atoms with E-state index >= 15 is 0 Å². The van der Waals surface area contributed by atoms with E-state index < -0.39 is 0 Å². The van der Waals surface area contributed by atoms with Crippen LogP contribution in [-0.2, 0) is 0 Å². The molecular weight excluding hydrogens is 248 g/mol. The molecule has 0 aliphatic carbocycles. The van der Waals surface area contributed by atoms with Crippen molar-refractivity contribution in [2.75, 3.05) is 0 Å². The van der Waals surface area contributed by atoms with Crippen molar-refractivity contribution < 1.29 is 5.11 Å². The number of benzene rings is 1. The highest BCUT2D eigenvalue weighted by Crippen LogP contribution is 2.31. The number of halogens is 1. The van der Waals surface area contributed by atoms with Gasteiger partial charge in [-0.15, -0.1) is 0 Å². The number of pyridine rings is 1. The molecule has 0 bridgehead atoms. The highest BCUT2D eigenvalue weighted by atomic mass is 35.5. The summed E-state index contributed by atoms with van der Waals surface area (Å²) in [5.41, 5.74) is 3.33. The Bertz CT molecular complexity index is 734. The lowest BCUT2D eigenvalue weighted by Gasteiger charge is -2.00. The molecule has 0 fully saturated rings. The number of imidazole rings is 1. The Morgan fingerprint density at radius 2 is 2.11 bits per heavy atom. The molecule has 0 atom stereocenters. The molecule has 3 aromatic rings. The van der Waals surface area contributed by atoms with Crippen molar-refractivity contribution in [1.29, 1.82) is 0 Å². The van der Waals surface area contributed by atoms with Crippen LogP contribution in [0.15, 0.2) is 42.7 Å². The normalized spacial score (nSPS) is 11.0. The van der Waals surface area contributed by atoms with Crippen LogP contribution in [0.25, 0.3) is 16.9 Å². The average molecular weight is 259 g/mol. The van der Waals surface area contributed by atoms with Gasteiger partial charge in [0, 0.05) is 23.0 Å². The maximum Gasteiger partial charge on any atom is 0.140 e. The summed E-state index contributed by atoms with van der Waals surface area (Å²) in [5, 5.41) is 10.5. The summed E-state index contributed by atoms with van der Waals surface area (Å²) in [5.74, 6) is 0.181. The standard InChI is InChI=1S/C14H11ClN2O/c1-9-3-2-6-17-8-12(16-14(9)17)11-7-10(15)4-5-13(11)18/h2-8,18H,1H3. The number of aryl methyl sites for hydroxylation is 1. The fourth-order valence-electron chi connectivity index (χ4n) is 2.00. The van der Waals surface area contributed by atoms with Crippen LogP contribution in [0.2, 0.25) is 5.02 Å². The van der Waals surface area contributed by atoms with Crippen molar-refractivity contribution in [1.82, 2.24) is 9.38 Å². The largest absolute Gasteiger partial charge is 0.507 e. The summed E-state index contributed by atoms with van der Waals surface area (Å²) in [6.07, 6.45) is 3.81. The van der Waals surface area contributed by atoms with Gasteiger partial charge in [0.1, 0.15) is 11.4 Å². The first kappa shape index (κ1) is 11.1. The van der Waals surface area contributed by atoms with Crippen molar-refractivity contribution in [2.24, 2.45) is 0 Å². The Balaban J connectivity index is 2.26. The third-order valence-electron chi connectivity index (χ3n) is 2.91. The average Bonchev–Trinajstić information content (AvgIpc) is 2.77. The van der Waals surface area contributed by atoms with Crippen LogP contribution in [0.4, 0.5) is 0 Å². The van der Waals surface area contributed by atoms with E-state index in [4.69, 9.17) is 11.6 Å². The predicted octanol–water partition coefficient (Wildman–Crippen LogP) is 3.67. The SMILES string of the molecule is Cc1cccn2cc(-c3cc(Cl)ccc3O)nc12. The van der Waals surface area contributed by atoms with Crippen LogP contribution in [0.5, 0.6) is 5.75 Å². The molecule has 0 amide bonds. The second-order valence-corrected chi connectivity index (χ2v) is 4.65. The number of aromatic hydroxyl groups is 1. The predicted molar refractivity (Wildman–Crippen MR) is 72.0 cm³/mol. The molecule has 0 aliphatic rings. The zero-order valence-corrected chi connectivity index (χ0v) is 10.5. The summed E-state index contributed by atoms with van der Waals surface area (Å²) >= 11 is 5.95. The quantitative estimate of drug-likeness (QED) is 0.723. The van der Waals surface area contributed by atoms with Gasteiger partial charge in [-0.3, -0.25) is 0 Å². The number of phenols is 1. The van der Waals surface area contributed by atoms with Gasteiger partial charge in [0.25, 0.3) is 0 Å². The zero-order chi connectivity index (χ0) is 12.7. The molecule has 0 saturated heterocycles. The third-order valence-corrected chi connectivity index (χ3v) is 3.15. The van der Waals surface area contributed by atoms with Gasteiger partial charge in [0.2, 0.25) is 0 Å². The number of rotatable bonds is 1. The van der Waals surface area contributed by atoms with Crippen molar-refractivity contribution in [3.05, 3.63) is 53.3 Å². The van der Waals surface area contributed by atoms with E-state index in [-0.39, 0.29) is 5.75 Å². The van der Waals surface area contributed by atoms with Gasteiger partial charge in [0.15, 0.2) is 0 Å². The Hall–Kier alpha value is -2.00. The van der Waals surface area contributed by atoms with Gasteiger partial charge in [0.05, 0.1) is 5.69 Å². The molecule has 0 radical (unpaired) electrons. The third kappa shape index (κ3) is 1.73. The number of fused-ring (bicyclic) bond motifs is 1. The smallest absolute Gasteiger partial charge is 0.140 e. The van der Waals surface area contributed by atoms with Crippen LogP contribution in [0.1, 0.15) is 5.56 Å². The molecule has 1 aromatic carbocycles. The van der Waals surface area contributed by atoms with Crippen LogP contribution >= 0.6 is 11.6 Å². The molecule has 3 rings (SSSR count). The van der Waals surface area contributed by atoms with Gasteiger partial charge in [-0.2, -0.15) is 0 Å². The number of nitrogens with zero attached hydrogens (tertiary/aromatic N) is 2. The molecule has 18 heavy (non-hydrogen) atoms. The fraction of sp³-hybridized carbons (Fsp3) is 0.0714. The topological polar surface area (TPSA) is 37.5 Å². The van der Waals surface area contributed by atoms with E-state index in [1.165, 1.54) is 0 Å². The summed E-state index contributed by atoms with van der Waals surface area (Å²) in [4.78, 5) is 4.53. The second-order valence-electron chi connectivity index (χ2n) is 4.21. The number of hydrogen-bond donors (Lipinski definition) is 1. The molecule has 0 aliphatic heterocycles. The highest BCUT2D eigenvalue weighted by molar-refractivity contribution is 6.30. The van der Waals surface area contributed by atoms with Gasteiger partial charge in [-0.1, -0.05) is 17.7 Å². The Morgan fingerprint density at radius 1 is 1.28 bits per heavy atom. The van der Waals surface area contributed by atoms with E-state index in [2.05, 4.69) is 4.98 Å². The molecule has 2 heterocycles. The van der Waals surface area contributed by atoms with Gasteiger partial charge in [-0.25, -0.2) is 4.98 Å². The van der Waals surface area contributed by atoms with Crippen LogP contribution in [0, 0.1) is 6.92 Å². The lowest BCUT2D eigenvalue weighted by Crippen LogP contribution is -1.84. The van der Waals surface area contributed by atoms with Gasteiger partial charge in [-0.05, 0) is 36.8 Å². The van der Waals surface area contributed by atoms with Gasteiger partial charge < -0.3 is 9.51 Å². The van der Waals surface area contributed by atoms with Crippen LogP contribution in [-0.4, -0.2) is 14.5 Å². The molecule has 0 unspecified atom stereocenters. The first-order chi connectivity index (χ1) is 8.65. The monoisotopic (exact) mass is 258 g/mol. The molecule has 90 valence electrons. The van der Waals surface area contributed by atoms with Gasteiger partial charge >= 0.3 is 0 Å². The van der Waals surface area contributed by atoms with Crippen molar-refractivity contribution in [3.63, 3.8) is 0 Å².